The fraction of sp³-hybridized carbons (Fsp3) is 0.714. The van der Waals surface area contributed by atoms with Crippen molar-refractivity contribution in [1.29, 1.82) is 0 Å². The lowest BCUT2D eigenvalue weighted by Gasteiger charge is -2.10. The second-order valence-corrected chi connectivity index (χ2v) is 3.51. The summed E-state index contributed by atoms with van der Waals surface area (Å²) in [6.07, 6.45) is -2.69. The molecule has 0 amide bonds. The van der Waals surface area contributed by atoms with Gasteiger partial charge in [-0.05, 0) is 0 Å². The van der Waals surface area contributed by atoms with Crippen LogP contribution in [0.25, 0.3) is 0 Å². The molecule has 68 valence electrons. The minimum absolute atomic E-state index is 0.304. The van der Waals surface area contributed by atoms with Crippen LogP contribution in [0.5, 0.6) is 0 Å². The number of aromatic nitrogens is 2. The van der Waals surface area contributed by atoms with E-state index in [1.54, 1.807) is 0 Å². The van der Waals surface area contributed by atoms with Gasteiger partial charge < -0.3 is 4.52 Å². The van der Waals surface area contributed by atoms with Gasteiger partial charge in [-0.15, -0.1) is 0 Å². The van der Waals surface area contributed by atoms with Gasteiger partial charge in [0.15, 0.2) is 5.82 Å². The molecule has 0 bridgehead atoms. The van der Waals surface area contributed by atoms with Crippen LogP contribution in [0.15, 0.2) is 4.52 Å². The van der Waals surface area contributed by atoms with Gasteiger partial charge in [-0.2, -0.15) is 13.8 Å². The van der Waals surface area contributed by atoms with Gasteiger partial charge in [-0.3, -0.25) is 0 Å². The molecule has 0 radical (unpaired) electrons. The Hall–Kier alpha value is -1.00. The second-order valence-electron chi connectivity index (χ2n) is 3.51. The van der Waals surface area contributed by atoms with Crippen LogP contribution in [-0.2, 0) is 5.41 Å². The molecule has 0 aliphatic carbocycles. The summed E-state index contributed by atoms with van der Waals surface area (Å²) in [5, 5.41) is 3.44. The molecule has 0 aromatic carbocycles. The van der Waals surface area contributed by atoms with Crippen molar-refractivity contribution in [2.45, 2.75) is 32.6 Å². The maximum atomic E-state index is 12.0. The van der Waals surface area contributed by atoms with Crippen LogP contribution in [-0.4, -0.2) is 10.1 Å². The molecule has 1 heterocycles. The molecule has 0 fully saturated rings. The Morgan fingerprint density at radius 3 is 2.17 bits per heavy atom. The highest BCUT2D eigenvalue weighted by molar-refractivity contribution is 5.00. The highest BCUT2D eigenvalue weighted by atomic mass is 19.3. The molecule has 0 aliphatic rings. The number of hydrogen-bond donors (Lipinski definition) is 0. The average Bonchev–Trinajstić information content (AvgIpc) is 2.30. The zero-order valence-electron chi connectivity index (χ0n) is 7.14. The summed E-state index contributed by atoms with van der Waals surface area (Å²) < 4.78 is 28.3. The molecule has 12 heavy (non-hydrogen) atoms. The van der Waals surface area contributed by atoms with Gasteiger partial charge >= 0.3 is 6.43 Å². The summed E-state index contributed by atoms with van der Waals surface area (Å²) in [4.78, 5) is 3.55. The molecule has 5 heteroatoms. The number of alkyl halides is 2. The lowest BCUT2D eigenvalue weighted by molar-refractivity contribution is 0.106. The van der Waals surface area contributed by atoms with Crippen molar-refractivity contribution in [3.63, 3.8) is 0 Å². The Labute approximate surface area is 68.8 Å². The van der Waals surface area contributed by atoms with Crippen LogP contribution in [0, 0.1) is 0 Å². The number of nitrogens with zero attached hydrogens (tertiary/aromatic N) is 2. The zero-order chi connectivity index (χ0) is 9.35. The van der Waals surface area contributed by atoms with E-state index in [0.29, 0.717) is 5.82 Å². The summed E-state index contributed by atoms with van der Waals surface area (Å²) in [6.45, 7) is 5.48. The van der Waals surface area contributed by atoms with Gasteiger partial charge in [-0.25, -0.2) is 0 Å². The first-order valence-corrected chi connectivity index (χ1v) is 3.53. The molecule has 0 aliphatic heterocycles. The van der Waals surface area contributed by atoms with E-state index < -0.39 is 12.3 Å². The second kappa shape index (κ2) is 2.80. The van der Waals surface area contributed by atoms with E-state index >= 15 is 0 Å². The molecule has 1 aromatic heterocycles. The summed E-state index contributed by atoms with van der Waals surface area (Å²) in [7, 11) is 0. The van der Waals surface area contributed by atoms with Crippen LogP contribution >= 0.6 is 0 Å². The third-order valence-corrected chi connectivity index (χ3v) is 1.30. The van der Waals surface area contributed by atoms with Crippen molar-refractivity contribution in [1.82, 2.24) is 10.1 Å². The van der Waals surface area contributed by atoms with Gasteiger partial charge in [0, 0.05) is 5.41 Å². The normalized spacial score (nSPS) is 12.5. The van der Waals surface area contributed by atoms with E-state index in [1.165, 1.54) is 0 Å². The summed E-state index contributed by atoms with van der Waals surface area (Å²) in [6, 6.07) is 0. The Kier molecular flexibility index (Phi) is 2.12. The molecule has 3 nitrogen and oxygen atoms in total. The first kappa shape index (κ1) is 9.09. The van der Waals surface area contributed by atoms with Gasteiger partial charge in [0.1, 0.15) is 0 Å². The zero-order valence-corrected chi connectivity index (χ0v) is 7.14. The van der Waals surface area contributed by atoms with Crippen LogP contribution in [0.1, 0.15) is 38.9 Å². The third kappa shape index (κ3) is 1.78. The maximum absolute atomic E-state index is 12.0. The smallest absolute Gasteiger partial charge is 0.315 e. The molecule has 0 N–H and O–H groups in total. The van der Waals surface area contributed by atoms with E-state index in [9.17, 15) is 8.78 Å². The summed E-state index contributed by atoms with van der Waals surface area (Å²) in [5.41, 5.74) is -0.351. The predicted molar refractivity (Wildman–Crippen MR) is 38.0 cm³/mol. The Balaban J connectivity index is 2.92. The predicted octanol–water partition coefficient (Wildman–Crippen LogP) is 2.30. The van der Waals surface area contributed by atoms with E-state index in [-0.39, 0.29) is 5.41 Å². The largest absolute Gasteiger partial charge is 0.333 e. The fourth-order valence-corrected chi connectivity index (χ4v) is 0.628. The minimum atomic E-state index is -2.69. The highest BCUT2D eigenvalue weighted by Gasteiger charge is 2.24. The summed E-state index contributed by atoms with van der Waals surface area (Å²) >= 11 is 0. The maximum Gasteiger partial charge on any atom is 0.315 e. The first-order valence-electron chi connectivity index (χ1n) is 3.53. The number of halogens is 2. The van der Waals surface area contributed by atoms with E-state index in [0.717, 1.165) is 0 Å². The van der Waals surface area contributed by atoms with Gasteiger partial charge in [-0.1, -0.05) is 25.9 Å². The molecular formula is C7H10F2N2O. The molecule has 0 unspecified atom stereocenters. The fourth-order valence-electron chi connectivity index (χ4n) is 0.628. The number of rotatable bonds is 1. The van der Waals surface area contributed by atoms with E-state index in [1.807, 2.05) is 20.8 Å². The SMILES string of the molecule is CC(C)(C)c1noc(C(F)F)n1. The monoisotopic (exact) mass is 176 g/mol. The first-order chi connectivity index (χ1) is 5.41. The third-order valence-electron chi connectivity index (χ3n) is 1.30. The average molecular weight is 176 g/mol. The van der Waals surface area contributed by atoms with E-state index in [4.69, 9.17) is 0 Å². The lowest BCUT2D eigenvalue weighted by Crippen LogP contribution is -2.13. The van der Waals surface area contributed by atoms with Crippen molar-refractivity contribution < 1.29 is 13.3 Å². The standard InChI is InChI=1S/C7H10F2N2O/c1-7(2,3)6-10-5(4(8)9)12-11-6/h4H,1-3H3. The van der Waals surface area contributed by atoms with Crippen LogP contribution in [0.4, 0.5) is 8.78 Å². The topological polar surface area (TPSA) is 38.9 Å². The van der Waals surface area contributed by atoms with Crippen LogP contribution in [0.3, 0.4) is 0 Å². The van der Waals surface area contributed by atoms with Crippen molar-refractivity contribution in [2.24, 2.45) is 0 Å². The van der Waals surface area contributed by atoms with Crippen molar-refractivity contribution in [3.8, 4) is 0 Å². The van der Waals surface area contributed by atoms with E-state index in [2.05, 4.69) is 14.7 Å². The molecule has 0 saturated heterocycles. The Bertz CT molecular complexity index is 265. The molecule has 0 atom stereocenters. The molecule has 1 rings (SSSR count). The van der Waals surface area contributed by atoms with Gasteiger partial charge in [0.25, 0.3) is 5.89 Å². The van der Waals surface area contributed by atoms with Gasteiger partial charge in [0.05, 0.1) is 0 Å². The summed E-state index contributed by atoms with van der Waals surface area (Å²) in [5.74, 6) is -0.308. The molecule has 0 saturated carbocycles. The minimum Gasteiger partial charge on any atom is -0.333 e. The Morgan fingerprint density at radius 1 is 1.33 bits per heavy atom. The van der Waals surface area contributed by atoms with Crippen molar-refractivity contribution >= 4 is 0 Å². The lowest BCUT2D eigenvalue weighted by atomic mass is 9.96. The number of hydrogen-bond acceptors (Lipinski definition) is 3. The van der Waals surface area contributed by atoms with Crippen LogP contribution < -0.4 is 0 Å². The van der Waals surface area contributed by atoms with Crippen LogP contribution in [0.2, 0.25) is 0 Å². The van der Waals surface area contributed by atoms with Gasteiger partial charge in [0.2, 0.25) is 0 Å². The van der Waals surface area contributed by atoms with Crippen molar-refractivity contribution in [2.75, 3.05) is 0 Å². The van der Waals surface area contributed by atoms with Crippen molar-refractivity contribution in [3.05, 3.63) is 11.7 Å². The molecule has 0 spiro atoms. The highest BCUT2D eigenvalue weighted by Crippen LogP contribution is 2.22. The quantitative estimate of drug-likeness (QED) is 0.659. The molecular weight excluding hydrogens is 166 g/mol. The molecule has 1 aromatic rings. The Morgan fingerprint density at radius 2 is 1.92 bits per heavy atom.